The van der Waals surface area contributed by atoms with Gasteiger partial charge in [-0.25, -0.2) is 0 Å². The number of carbonyl (C=O) groups is 1. The number of piperazine rings is 1. The third-order valence-electron chi connectivity index (χ3n) is 4.31. The molecule has 1 N–H and O–H groups in total. The molecular weight excluding hydrogens is 288 g/mol. The number of hydrogen-bond acceptors (Lipinski definition) is 3. The number of amides is 1. The quantitative estimate of drug-likeness (QED) is 0.875. The van der Waals surface area contributed by atoms with Gasteiger partial charge in [0.05, 0.1) is 5.60 Å². The average molecular weight is 318 g/mol. The number of β-amino-alcohol motifs (C(OH)–C–C–N with tert-alkyl or cyclic N) is 1. The third kappa shape index (κ3) is 6.32. The van der Waals surface area contributed by atoms with Gasteiger partial charge in [0.1, 0.15) is 0 Å². The standard InChI is InChI=1S/C19H30N2O2/c1-16-7-9-17(10-8-16)5-4-6-18(22)21-13-11-20(12-14-21)15-19(2,3)23/h7-10,23H,4-6,11-15H2,1-3H3. The number of aryl methyl sites for hydroxylation is 2. The molecule has 1 aromatic carbocycles. The summed E-state index contributed by atoms with van der Waals surface area (Å²) in [6.07, 6.45) is 2.50. The number of aliphatic hydroxyl groups is 1. The predicted octanol–water partition coefficient (Wildman–Crippen LogP) is 2.23. The van der Waals surface area contributed by atoms with Gasteiger partial charge in [0.2, 0.25) is 5.91 Å². The molecule has 0 radical (unpaired) electrons. The molecule has 128 valence electrons. The molecular formula is C19H30N2O2. The van der Waals surface area contributed by atoms with Crippen molar-refractivity contribution in [1.82, 2.24) is 9.80 Å². The maximum absolute atomic E-state index is 12.3. The van der Waals surface area contributed by atoms with Crippen molar-refractivity contribution in [2.45, 2.75) is 45.6 Å². The van der Waals surface area contributed by atoms with Crippen LogP contribution in [0.1, 0.15) is 37.8 Å². The van der Waals surface area contributed by atoms with Gasteiger partial charge >= 0.3 is 0 Å². The molecule has 1 aromatic rings. The van der Waals surface area contributed by atoms with Gasteiger partial charge in [0, 0.05) is 39.1 Å². The van der Waals surface area contributed by atoms with Crippen molar-refractivity contribution in [3.63, 3.8) is 0 Å². The van der Waals surface area contributed by atoms with Crippen molar-refractivity contribution >= 4 is 5.91 Å². The third-order valence-corrected chi connectivity index (χ3v) is 4.31. The van der Waals surface area contributed by atoms with Crippen LogP contribution < -0.4 is 0 Å². The lowest BCUT2D eigenvalue weighted by Gasteiger charge is -2.37. The first-order chi connectivity index (χ1) is 10.8. The van der Waals surface area contributed by atoms with Gasteiger partial charge in [-0.2, -0.15) is 0 Å². The van der Waals surface area contributed by atoms with E-state index in [4.69, 9.17) is 0 Å². The van der Waals surface area contributed by atoms with E-state index >= 15 is 0 Å². The number of nitrogens with zero attached hydrogens (tertiary/aromatic N) is 2. The molecule has 0 atom stereocenters. The number of rotatable bonds is 6. The Hall–Kier alpha value is -1.39. The van der Waals surface area contributed by atoms with Gasteiger partial charge in [-0.15, -0.1) is 0 Å². The maximum atomic E-state index is 12.3. The highest BCUT2D eigenvalue weighted by molar-refractivity contribution is 5.76. The summed E-state index contributed by atoms with van der Waals surface area (Å²) in [5.41, 5.74) is 1.91. The van der Waals surface area contributed by atoms with Crippen LogP contribution in [-0.2, 0) is 11.2 Å². The van der Waals surface area contributed by atoms with E-state index in [0.29, 0.717) is 13.0 Å². The fraction of sp³-hybridized carbons (Fsp3) is 0.632. The van der Waals surface area contributed by atoms with E-state index in [0.717, 1.165) is 39.0 Å². The van der Waals surface area contributed by atoms with Crippen LogP contribution in [0.3, 0.4) is 0 Å². The Morgan fingerprint density at radius 2 is 1.74 bits per heavy atom. The molecule has 0 saturated carbocycles. The molecule has 23 heavy (non-hydrogen) atoms. The summed E-state index contributed by atoms with van der Waals surface area (Å²) in [6.45, 7) is 9.68. The molecule has 1 aliphatic heterocycles. The van der Waals surface area contributed by atoms with Gasteiger partial charge in [0.25, 0.3) is 0 Å². The van der Waals surface area contributed by atoms with Crippen molar-refractivity contribution in [1.29, 1.82) is 0 Å². The number of carbonyl (C=O) groups excluding carboxylic acids is 1. The fourth-order valence-electron chi connectivity index (χ4n) is 3.06. The van der Waals surface area contributed by atoms with E-state index < -0.39 is 5.60 Å². The topological polar surface area (TPSA) is 43.8 Å². The van der Waals surface area contributed by atoms with Crippen LogP contribution >= 0.6 is 0 Å². The molecule has 0 aliphatic carbocycles. The largest absolute Gasteiger partial charge is 0.389 e. The van der Waals surface area contributed by atoms with E-state index in [-0.39, 0.29) is 5.91 Å². The minimum Gasteiger partial charge on any atom is -0.389 e. The molecule has 1 heterocycles. The SMILES string of the molecule is Cc1ccc(CCCC(=O)N2CCN(CC(C)(C)O)CC2)cc1. The Kier molecular flexibility index (Phi) is 6.19. The van der Waals surface area contributed by atoms with E-state index in [2.05, 4.69) is 36.1 Å². The minimum absolute atomic E-state index is 0.264. The monoisotopic (exact) mass is 318 g/mol. The summed E-state index contributed by atoms with van der Waals surface area (Å²) in [5, 5.41) is 9.86. The molecule has 2 rings (SSSR count). The van der Waals surface area contributed by atoms with Gasteiger partial charge in [0.15, 0.2) is 0 Å². The van der Waals surface area contributed by atoms with E-state index in [1.54, 1.807) is 0 Å². The Morgan fingerprint density at radius 3 is 2.30 bits per heavy atom. The Balaban J connectivity index is 1.68. The van der Waals surface area contributed by atoms with Crippen molar-refractivity contribution in [3.8, 4) is 0 Å². The fourth-order valence-corrected chi connectivity index (χ4v) is 3.06. The van der Waals surface area contributed by atoms with Crippen LogP contribution in [0.25, 0.3) is 0 Å². The molecule has 1 fully saturated rings. The highest BCUT2D eigenvalue weighted by Gasteiger charge is 2.24. The van der Waals surface area contributed by atoms with Crippen molar-refractivity contribution in [2.24, 2.45) is 0 Å². The number of hydrogen-bond donors (Lipinski definition) is 1. The summed E-state index contributed by atoms with van der Waals surface area (Å²) in [5.74, 6) is 0.264. The van der Waals surface area contributed by atoms with Crippen LogP contribution in [0.2, 0.25) is 0 Å². The molecule has 1 aliphatic rings. The zero-order valence-corrected chi connectivity index (χ0v) is 14.7. The van der Waals surface area contributed by atoms with Crippen LogP contribution in [-0.4, -0.2) is 59.1 Å². The molecule has 1 saturated heterocycles. The van der Waals surface area contributed by atoms with Gasteiger partial charge < -0.3 is 10.0 Å². The highest BCUT2D eigenvalue weighted by atomic mass is 16.3. The second-order valence-corrected chi connectivity index (χ2v) is 7.31. The van der Waals surface area contributed by atoms with Gasteiger partial charge in [-0.05, 0) is 39.2 Å². The lowest BCUT2D eigenvalue weighted by Crippen LogP contribution is -2.51. The summed E-state index contributed by atoms with van der Waals surface area (Å²) < 4.78 is 0. The zero-order chi connectivity index (χ0) is 16.9. The molecule has 4 nitrogen and oxygen atoms in total. The maximum Gasteiger partial charge on any atom is 0.222 e. The van der Waals surface area contributed by atoms with E-state index in [1.165, 1.54) is 11.1 Å². The Bertz CT molecular complexity index is 497. The van der Waals surface area contributed by atoms with Crippen molar-refractivity contribution in [2.75, 3.05) is 32.7 Å². The first kappa shape index (κ1) is 18.0. The van der Waals surface area contributed by atoms with E-state index in [9.17, 15) is 9.90 Å². The Labute approximate surface area is 140 Å². The summed E-state index contributed by atoms with van der Waals surface area (Å²) in [4.78, 5) is 16.5. The van der Waals surface area contributed by atoms with E-state index in [1.807, 2.05) is 18.7 Å². The van der Waals surface area contributed by atoms with Crippen molar-refractivity contribution in [3.05, 3.63) is 35.4 Å². The second kappa shape index (κ2) is 7.93. The summed E-state index contributed by atoms with van der Waals surface area (Å²) in [7, 11) is 0. The van der Waals surface area contributed by atoms with Crippen LogP contribution in [0.5, 0.6) is 0 Å². The lowest BCUT2D eigenvalue weighted by molar-refractivity contribution is -0.133. The predicted molar refractivity (Wildman–Crippen MR) is 93.4 cm³/mol. The van der Waals surface area contributed by atoms with Crippen LogP contribution in [0.15, 0.2) is 24.3 Å². The lowest BCUT2D eigenvalue weighted by atomic mass is 10.1. The molecule has 0 spiro atoms. The highest BCUT2D eigenvalue weighted by Crippen LogP contribution is 2.12. The molecule has 0 bridgehead atoms. The summed E-state index contributed by atoms with van der Waals surface area (Å²) in [6, 6.07) is 8.54. The normalized spacial score (nSPS) is 16.6. The minimum atomic E-state index is -0.666. The smallest absolute Gasteiger partial charge is 0.222 e. The molecule has 0 unspecified atom stereocenters. The van der Waals surface area contributed by atoms with Gasteiger partial charge in [-0.1, -0.05) is 29.8 Å². The van der Waals surface area contributed by atoms with Gasteiger partial charge in [-0.3, -0.25) is 9.69 Å². The first-order valence-electron chi connectivity index (χ1n) is 8.61. The second-order valence-electron chi connectivity index (χ2n) is 7.31. The summed E-state index contributed by atoms with van der Waals surface area (Å²) >= 11 is 0. The van der Waals surface area contributed by atoms with Crippen LogP contribution in [0, 0.1) is 6.92 Å². The molecule has 4 heteroatoms. The molecule has 0 aromatic heterocycles. The van der Waals surface area contributed by atoms with Crippen LogP contribution in [0.4, 0.5) is 0 Å². The molecule has 1 amide bonds. The Morgan fingerprint density at radius 1 is 1.13 bits per heavy atom. The average Bonchev–Trinajstić information content (AvgIpc) is 2.48. The first-order valence-corrected chi connectivity index (χ1v) is 8.61. The number of benzene rings is 1. The van der Waals surface area contributed by atoms with Crippen molar-refractivity contribution < 1.29 is 9.90 Å². The zero-order valence-electron chi connectivity index (χ0n) is 14.7.